The van der Waals surface area contributed by atoms with Crippen LogP contribution in [0.3, 0.4) is 0 Å². The van der Waals surface area contributed by atoms with Crippen LogP contribution in [0.25, 0.3) is 6.08 Å². The zero-order valence-corrected chi connectivity index (χ0v) is 17.2. The van der Waals surface area contributed by atoms with E-state index in [4.69, 9.17) is 14.2 Å². The van der Waals surface area contributed by atoms with E-state index in [1.165, 1.54) is 7.11 Å². The second-order valence-electron chi connectivity index (χ2n) is 6.99. The molecule has 0 fully saturated rings. The zero-order valence-electron chi connectivity index (χ0n) is 17.2. The van der Waals surface area contributed by atoms with Gasteiger partial charge in [-0.05, 0) is 56.2 Å². The van der Waals surface area contributed by atoms with Crippen molar-refractivity contribution in [3.63, 3.8) is 0 Å². The molecule has 3 rings (SSSR count). The van der Waals surface area contributed by atoms with E-state index in [0.717, 1.165) is 0 Å². The number of ether oxygens (including phenoxy) is 4. The molecule has 0 amide bonds. The van der Waals surface area contributed by atoms with Gasteiger partial charge in [0.05, 0.1) is 24.3 Å². The molecule has 156 valence electrons. The standard InChI is InChI=1S/C23H22O7/c1-13(2)29-20(24)12-28-17-9-14(3)21-18(11-17)30-19(22(21)25)10-15-5-7-16(8-6-15)23(26)27-4/h5-11,13H,12H2,1-4H3/b19-10-. The average molecular weight is 410 g/mol. The fourth-order valence-electron chi connectivity index (χ4n) is 2.98. The van der Waals surface area contributed by atoms with Gasteiger partial charge in [0, 0.05) is 6.07 Å². The summed E-state index contributed by atoms with van der Waals surface area (Å²) in [6, 6.07) is 9.86. The molecule has 2 aromatic carbocycles. The van der Waals surface area contributed by atoms with Gasteiger partial charge in [0.15, 0.2) is 12.4 Å². The maximum absolute atomic E-state index is 12.8. The van der Waals surface area contributed by atoms with Crippen molar-refractivity contribution in [1.29, 1.82) is 0 Å². The molecule has 30 heavy (non-hydrogen) atoms. The third-order valence-electron chi connectivity index (χ3n) is 4.30. The Bertz CT molecular complexity index is 1020. The van der Waals surface area contributed by atoms with E-state index in [-0.39, 0.29) is 24.3 Å². The van der Waals surface area contributed by atoms with Gasteiger partial charge in [-0.2, -0.15) is 0 Å². The van der Waals surface area contributed by atoms with Gasteiger partial charge >= 0.3 is 11.9 Å². The van der Waals surface area contributed by atoms with Crippen molar-refractivity contribution in [3.8, 4) is 11.5 Å². The molecule has 0 unspecified atom stereocenters. The first kappa shape index (κ1) is 21.1. The number of ketones is 1. The second kappa shape index (κ2) is 8.82. The number of carbonyl (C=O) groups excluding carboxylic acids is 3. The van der Waals surface area contributed by atoms with E-state index >= 15 is 0 Å². The minimum atomic E-state index is -0.476. The van der Waals surface area contributed by atoms with Crippen molar-refractivity contribution in [3.05, 3.63) is 64.4 Å². The Labute approximate surface area is 174 Å². The highest BCUT2D eigenvalue weighted by molar-refractivity contribution is 6.15. The van der Waals surface area contributed by atoms with Crippen molar-refractivity contribution in [2.75, 3.05) is 13.7 Å². The molecule has 0 radical (unpaired) electrons. The maximum atomic E-state index is 12.8. The number of esters is 2. The summed E-state index contributed by atoms with van der Waals surface area (Å²) in [5.74, 6) is -0.222. The molecule has 0 saturated heterocycles. The summed E-state index contributed by atoms with van der Waals surface area (Å²) in [5, 5.41) is 0. The third-order valence-corrected chi connectivity index (χ3v) is 4.30. The molecule has 1 heterocycles. The van der Waals surface area contributed by atoms with E-state index < -0.39 is 11.9 Å². The lowest BCUT2D eigenvalue weighted by Crippen LogP contribution is -2.18. The van der Waals surface area contributed by atoms with Crippen LogP contribution in [0, 0.1) is 6.92 Å². The normalized spacial score (nSPS) is 13.8. The molecule has 1 aliphatic rings. The molecule has 0 atom stereocenters. The Hall–Kier alpha value is -3.61. The highest BCUT2D eigenvalue weighted by Crippen LogP contribution is 2.37. The molecule has 0 spiro atoms. The highest BCUT2D eigenvalue weighted by Gasteiger charge is 2.30. The Kier molecular flexibility index (Phi) is 6.20. The fraction of sp³-hybridized carbons (Fsp3) is 0.261. The smallest absolute Gasteiger partial charge is 0.344 e. The number of rotatable bonds is 6. The van der Waals surface area contributed by atoms with Gasteiger partial charge < -0.3 is 18.9 Å². The number of allylic oxidation sites excluding steroid dienone is 1. The first-order valence-electron chi connectivity index (χ1n) is 9.38. The molecule has 0 aliphatic carbocycles. The maximum Gasteiger partial charge on any atom is 0.344 e. The highest BCUT2D eigenvalue weighted by atomic mass is 16.6. The molecule has 7 nitrogen and oxygen atoms in total. The van der Waals surface area contributed by atoms with Crippen LogP contribution in [-0.4, -0.2) is 37.5 Å². The SMILES string of the molecule is COC(=O)c1ccc(/C=C2\Oc3cc(OCC(=O)OC(C)C)cc(C)c3C2=O)cc1. The molecule has 1 aliphatic heterocycles. The minimum absolute atomic E-state index is 0.162. The van der Waals surface area contributed by atoms with Gasteiger partial charge in [-0.1, -0.05) is 12.1 Å². The van der Waals surface area contributed by atoms with E-state index in [2.05, 4.69) is 4.74 Å². The predicted molar refractivity (Wildman–Crippen MR) is 109 cm³/mol. The van der Waals surface area contributed by atoms with Gasteiger partial charge in [0.25, 0.3) is 0 Å². The fourth-order valence-corrected chi connectivity index (χ4v) is 2.98. The molecule has 7 heteroatoms. The van der Waals surface area contributed by atoms with Crippen molar-refractivity contribution in [2.45, 2.75) is 26.9 Å². The van der Waals surface area contributed by atoms with Crippen molar-refractivity contribution in [2.24, 2.45) is 0 Å². The summed E-state index contributed by atoms with van der Waals surface area (Å²) >= 11 is 0. The van der Waals surface area contributed by atoms with Gasteiger partial charge in [0.1, 0.15) is 11.5 Å². The van der Waals surface area contributed by atoms with Crippen LogP contribution in [0.1, 0.15) is 45.7 Å². The van der Waals surface area contributed by atoms with Crippen LogP contribution >= 0.6 is 0 Å². The van der Waals surface area contributed by atoms with Crippen LogP contribution in [0.5, 0.6) is 11.5 Å². The van der Waals surface area contributed by atoms with Crippen molar-refractivity contribution >= 4 is 23.8 Å². The monoisotopic (exact) mass is 410 g/mol. The predicted octanol–water partition coefficient (Wildman–Crippen LogP) is 3.73. The number of fused-ring (bicyclic) bond motifs is 1. The lowest BCUT2D eigenvalue weighted by Gasteiger charge is -2.10. The summed E-state index contributed by atoms with van der Waals surface area (Å²) in [4.78, 5) is 36.0. The summed E-state index contributed by atoms with van der Waals surface area (Å²) in [5.41, 5.74) is 2.23. The largest absolute Gasteiger partial charge is 0.482 e. The zero-order chi connectivity index (χ0) is 21.8. The van der Waals surface area contributed by atoms with Crippen LogP contribution in [0.2, 0.25) is 0 Å². The Morgan fingerprint density at radius 1 is 1.13 bits per heavy atom. The Morgan fingerprint density at radius 2 is 1.83 bits per heavy atom. The molecule has 0 N–H and O–H groups in total. The topological polar surface area (TPSA) is 88.1 Å². The van der Waals surface area contributed by atoms with Gasteiger partial charge in [-0.15, -0.1) is 0 Å². The number of carbonyl (C=O) groups is 3. The van der Waals surface area contributed by atoms with Gasteiger partial charge in [-0.25, -0.2) is 9.59 Å². The van der Waals surface area contributed by atoms with Crippen LogP contribution in [-0.2, 0) is 14.3 Å². The molecular formula is C23H22O7. The molecule has 0 aromatic heterocycles. The van der Waals surface area contributed by atoms with Crippen LogP contribution < -0.4 is 9.47 Å². The second-order valence-corrected chi connectivity index (χ2v) is 6.99. The number of Topliss-reactive ketones (excluding diaryl/α,β-unsaturated/α-hetero) is 1. The first-order chi connectivity index (χ1) is 14.3. The van der Waals surface area contributed by atoms with Crippen LogP contribution in [0.4, 0.5) is 0 Å². The summed E-state index contributed by atoms with van der Waals surface area (Å²) in [7, 11) is 1.31. The number of aryl methyl sites for hydroxylation is 1. The molecule has 0 saturated carbocycles. The Balaban J connectivity index is 1.77. The van der Waals surface area contributed by atoms with E-state index in [1.54, 1.807) is 63.2 Å². The van der Waals surface area contributed by atoms with Gasteiger partial charge in [-0.3, -0.25) is 4.79 Å². The Morgan fingerprint density at radius 3 is 2.47 bits per heavy atom. The lowest BCUT2D eigenvalue weighted by molar-refractivity contribution is -0.149. The summed E-state index contributed by atoms with van der Waals surface area (Å²) in [6.45, 7) is 5.05. The van der Waals surface area contributed by atoms with Crippen LogP contribution in [0.15, 0.2) is 42.2 Å². The molecule has 0 bridgehead atoms. The molecular weight excluding hydrogens is 388 g/mol. The van der Waals surface area contributed by atoms with E-state index in [9.17, 15) is 14.4 Å². The van der Waals surface area contributed by atoms with Gasteiger partial charge in [0.2, 0.25) is 5.78 Å². The number of benzene rings is 2. The summed E-state index contributed by atoms with van der Waals surface area (Å²) < 4.78 is 20.9. The quantitative estimate of drug-likeness (QED) is 0.530. The number of hydrogen-bond acceptors (Lipinski definition) is 7. The van der Waals surface area contributed by atoms with Crippen molar-refractivity contribution < 1.29 is 33.3 Å². The lowest BCUT2D eigenvalue weighted by atomic mass is 10.0. The number of hydrogen-bond donors (Lipinski definition) is 0. The van der Waals surface area contributed by atoms with E-state index in [0.29, 0.717) is 33.8 Å². The van der Waals surface area contributed by atoms with Crippen molar-refractivity contribution in [1.82, 2.24) is 0 Å². The first-order valence-corrected chi connectivity index (χ1v) is 9.38. The molecule has 2 aromatic rings. The third kappa shape index (κ3) is 4.68. The van der Waals surface area contributed by atoms with E-state index in [1.807, 2.05) is 0 Å². The minimum Gasteiger partial charge on any atom is -0.482 e. The summed E-state index contributed by atoms with van der Waals surface area (Å²) in [6.07, 6.45) is 1.38. The average Bonchev–Trinajstić information content (AvgIpc) is 3.01. The number of methoxy groups -OCH3 is 1.